The van der Waals surface area contributed by atoms with Gasteiger partial charge in [-0.25, -0.2) is 4.79 Å². The fourth-order valence-electron chi connectivity index (χ4n) is 3.18. The van der Waals surface area contributed by atoms with Crippen molar-refractivity contribution in [3.63, 3.8) is 0 Å². The molecule has 0 radical (unpaired) electrons. The summed E-state index contributed by atoms with van der Waals surface area (Å²) in [5, 5.41) is 3.04. The number of benzene rings is 1. The van der Waals surface area contributed by atoms with Crippen molar-refractivity contribution in [3.05, 3.63) is 59.4 Å². The number of amides is 2. The highest BCUT2D eigenvalue weighted by molar-refractivity contribution is 5.75. The van der Waals surface area contributed by atoms with Crippen molar-refractivity contribution in [1.29, 1.82) is 0 Å². The highest BCUT2D eigenvalue weighted by Crippen LogP contribution is 2.33. The van der Waals surface area contributed by atoms with Crippen LogP contribution in [0.2, 0.25) is 0 Å². The molecule has 1 atom stereocenters. The van der Waals surface area contributed by atoms with Crippen LogP contribution in [-0.2, 0) is 6.54 Å². The molecule has 0 aliphatic carbocycles. The van der Waals surface area contributed by atoms with E-state index in [0.717, 1.165) is 41.8 Å². The Hall–Kier alpha value is -2.56. The maximum absolute atomic E-state index is 12.6. The maximum atomic E-state index is 12.6. The third kappa shape index (κ3) is 3.50. The number of aromatic nitrogens is 1. The van der Waals surface area contributed by atoms with Gasteiger partial charge in [-0.15, -0.1) is 0 Å². The fourth-order valence-corrected chi connectivity index (χ4v) is 3.18. The predicted molar refractivity (Wildman–Crippen MR) is 92.9 cm³/mol. The number of carbonyl (C=O) groups excluding carboxylic acids is 1. The standard InChI is InChI=1S/C19H23N3O2/c1-14-12-20-9-8-16(14)13-21-19(23)22-10-4-7-18(22)15-5-3-6-17(11-15)24-2/h3,5-6,8-9,11-12,18H,4,7,10,13H2,1-2H3,(H,21,23). The van der Waals surface area contributed by atoms with E-state index in [1.54, 1.807) is 13.3 Å². The molecule has 1 aromatic heterocycles. The van der Waals surface area contributed by atoms with Gasteiger partial charge in [-0.2, -0.15) is 0 Å². The molecule has 1 saturated heterocycles. The van der Waals surface area contributed by atoms with Crippen molar-refractivity contribution in [3.8, 4) is 5.75 Å². The molecule has 0 spiro atoms. The molecule has 1 fully saturated rings. The maximum Gasteiger partial charge on any atom is 0.318 e. The molecule has 1 aliphatic rings. The minimum absolute atomic E-state index is 0.0171. The molecule has 24 heavy (non-hydrogen) atoms. The smallest absolute Gasteiger partial charge is 0.318 e. The van der Waals surface area contributed by atoms with Crippen LogP contribution in [0.15, 0.2) is 42.7 Å². The van der Waals surface area contributed by atoms with Gasteiger partial charge in [0.05, 0.1) is 13.2 Å². The van der Waals surface area contributed by atoms with Gasteiger partial charge >= 0.3 is 6.03 Å². The van der Waals surface area contributed by atoms with Crippen molar-refractivity contribution >= 4 is 6.03 Å². The Kier molecular flexibility index (Phi) is 4.99. The van der Waals surface area contributed by atoms with Gasteiger partial charge in [-0.1, -0.05) is 12.1 Å². The van der Waals surface area contributed by atoms with Crippen molar-refractivity contribution in [1.82, 2.24) is 15.2 Å². The lowest BCUT2D eigenvalue weighted by molar-refractivity contribution is 0.192. The Morgan fingerprint density at radius 3 is 3.08 bits per heavy atom. The number of nitrogens with zero attached hydrogens (tertiary/aromatic N) is 2. The van der Waals surface area contributed by atoms with Crippen LogP contribution in [0, 0.1) is 6.92 Å². The van der Waals surface area contributed by atoms with E-state index in [-0.39, 0.29) is 12.1 Å². The summed E-state index contributed by atoms with van der Waals surface area (Å²) in [6, 6.07) is 10.0. The first-order chi connectivity index (χ1) is 11.7. The number of aryl methyl sites for hydroxylation is 1. The zero-order chi connectivity index (χ0) is 16.9. The summed E-state index contributed by atoms with van der Waals surface area (Å²) < 4.78 is 5.30. The first-order valence-electron chi connectivity index (χ1n) is 8.27. The SMILES string of the molecule is COc1cccc(C2CCCN2C(=O)NCc2ccncc2C)c1. The van der Waals surface area contributed by atoms with Crippen molar-refractivity contribution in [2.45, 2.75) is 32.4 Å². The lowest BCUT2D eigenvalue weighted by atomic mass is 10.0. The molecule has 2 amide bonds. The summed E-state index contributed by atoms with van der Waals surface area (Å²) in [4.78, 5) is 18.6. The summed E-state index contributed by atoms with van der Waals surface area (Å²) in [5.74, 6) is 0.826. The number of hydrogen-bond acceptors (Lipinski definition) is 3. The minimum atomic E-state index is -0.0171. The number of urea groups is 1. The van der Waals surface area contributed by atoms with E-state index in [9.17, 15) is 4.79 Å². The molecule has 1 aromatic carbocycles. The first kappa shape index (κ1) is 16.3. The van der Waals surface area contributed by atoms with Crippen molar-refractivity contribution in [2.75, 3.05) is 13.7 Å². The van der Waals surface area contributed by atoms with Crippen LogP contribution in [0.1, 0.15) is 35.6 Å². The zero-order valence-corrected chi connectivity index (χ0v) is 14.2. The molecule has 1 unspecified atom stereocenters. The first-order valence-corrected chi connectivity index (χ1v) is 8.27. The van der Waals surface area contributed by atoms with Crippen molar-refractivity contribution in [2.24, 2.45) is 0 Å². The van der Waals surface area contributed by atoms with Crippen LogP contribution in [-0.4, -0.2) is 29.6 Å². The molecule has 5 heteroatoms. The molecule has 3 rings (SSSR count). The lowest BCUT2D eigenvalue weighted by Gasteiger charge is -2.25. The molecule has 1 aliphatic heterocycles. The number of pyridine rings is 1. The molecule has 5 nitrogen and oxygen atoms in total. The highest BCUT2D eigenvalue weighted by atomic mass is 16.5. The summed E-state index contributed by atoms with van der Waals surface area (Å²) >= 11 is 0. The van der Waals surface area contributed by atoms with Crippen molar-refractivity contribution < 1.29 is 9.53 Å². The van der Waals surface area contributed by atoms with E-state index >= 15 is 0 Å². The third-order valence-electron chi connectivity index (χ3n) is 4.56. The van der Waals surface area contributed by atoms with Gasteiger partial charge in [-0.05, 0) is 54.7 Å². The molecular formula is C19H23N3O2. The van der Waals surface area contributed by atoms with E-state index in [4.69, 9.17) is 4.74 Å². The molecule has 0 bridgehead atoms. The monoisotopic (exact) mass is 325 g/mol. The third-order valence-corrected chi connectivity index (χ3v) is 4.56. The van der Waals surface area contributed by atoms with Gasteiger partial charge in [-0.3, -0.25) is 4.98 Å². The molecule has 2 aromatic rings. The quantitative estimate of drug-likeness (QED) is 0.937. The van der Waals surface area contributed by atoms with Crippen LogP contribution in [0.3, 0.4) is 0 Å². The molecule has 0 saturated carbocycles. The Morgan fingerprint density at radius 2 is 2.29 bits per heavy atom. The summed E-state index contributed by atoms with van der Waals surface area (Å²) in [6.45, 7) is 3.31. The second-order valence-electron chi connectivity index (χ2n) is 6.09. The fraction of sp³-hybridized carbons (Fsp3) is 0.368. The second-order valence-corrected chi connectivity index (χ2v) is 6.09. The normalized spacial score (nSPS) is 16.9. The summed E-state index contributed by atoms with van der Waals surface area (Å²) in [7, 11) is 1.66. The van der Waals surface area contributed by atoms with Crippen LogP contribution in [0.5, 0.6) is 5.75 Å². The predicted octanol–water partition coefficient (Wildman–Crippen LogP) is 3.45. The zero-order valence-electron chi connectivity index (χ0n) is 14.2. The van der Waals surface area contributed by atoms with Crippen LogP contribution >= 0.6 is 0 Å². The average molecular weight is 325 g/mol. The molecule has 2 heterocycles. The summed E-state index contributed by atoms with van der Waals surface area (Å²) in [6.07, 6.45) is 5.57. The Bertz CT molecular complexity index is 717. The number of ether oxygens (including phenoxy) is 1. The average Bonchev–Trinajstić information content (AvgIpc) is 3.11. The van der Waals surface area contributed by atoms with Gasteiger partial charge in [0, 0.05) is 25.5 Å². The number of hydrogen-bond donors (Lipinski definition) is 1. The molecule has 126 valence electrons. The number of rotatable bonds is 4. The van der Waals surface area contributed by atoms with Gasteiger partial charge in [0.15, 0.2) is 0 Å². The second kappa shape index (κ2) is 7.34. The van der Waals surface area contributed by atoms with E-state index in [1.165, 1.54) is 0 Å². The van der Waals surface area contributed by atoms with E-state index < -0.39 is 0 Å². The largest absolute Gasteiger partial charge is 0.497 e. The van der Waals surface area contributed by atoms with E-state index in [2.05, 4.69) is 16.4 Å². The van der Waals surface area contributed by atoms with Gasteiger partial charge < -0.3 is 15.0 Å². The van der Waals surface area contributed by atoms with Crippen LogP contribution < -0.4 is 10.1 Å². The Balaban J connectivity index is 1.68. The summed E-state index contributed by atoms with van der Waals surface area (Å²) in [5.41, 5.74) is 3.31. The van der Waals surface area contributed by atoms with Crippen LogP contribution in [0.4, 0.5) is 4.79 Å². The number of carbonyl (C=O) groups is 1. The van der Waals surface area contributed by atoms with Gasteiger partial charge in [0.1, 0.15) is 5.75 Å². The molecule has 1 N–H and O–H groups in total. The molecular weight excluding hydrogens is 302 g/mol. The van der Waals surface area contributed by atoms with Gasteiger partial charge in [0.2, 0.25) is 0 Å². The number of nitrogens with one attached hydrogen (secondary N) is 1. The lowest BCUT2D eigenvalue weighted by Crippen LogP contribution is -2.39. The van der Waals surface area contributed by atoms with E-state index in [1.807, 2.05) is 42.3 Å². The topological polar surface area (TPSA) is 54.5 Å². The number of methoxy groups -OCH3 is 1. The van der Waals surface area contributed by atoms with Crippen LogP contribution in [0.25, 0.3) is 0 Å². The Morgan fingerprint density at radius 1 is 1.42 bits per heavy atom. The Labute approximate surface area is 142 Å². The minimum Gasteiger partial charge on any atom is -0.497 e. The van der Waals surface area contributed by atoms with E-state index in [0.29, 0.717) is 6.54 Å². The highest BCUT2D eigenvalue weighted by Gasteiger charge is 2.30. The number of likely N-dealkylation sites (tertiary alicyclic amines) is 1. The van der Waals surface area contributed by atoms with Gasteiger partial charge in [0.25, 0.3) is 0 Å².